The fraction of sp³-hybridized carbons (Fsp3) is 0. The van der Waals surface area contributed by atoms with Gasteiger partial charge in [0.15, 0.2) is 5.15 Å². The van der Waals surface area contributed by atoms with Crippen molar-refractivity contribution in [3.8, 4) is 11.6 Å². The second-order valence-electron chi connectivity index (χ2n) is 3.26. The fourth-order valence-electron chi connectivity index (χ4n) is 1.20. The molecular formula is C11H4Cl3F2NO. The van der Waals surface area contributed by atoms with E-state index in [1.165, 1.54) is 6.07 Å². The molecule has 0 saturated heterocycles. The minimum absolute atomic E-state index is 0.0204. The molecule has 7 heteroatoms. The Labute approximate surface area is 116 Å². The number of rotatable bonds is 2. The Morgan fingerprint density at radius 1 is 0.889 bits per heavy atom. The molecule has 0 unspecified atom stereocenters. The van der Waals surface area contributed by atoms with Crippen LogP contribution in [0.1, 0.15) is 0 Å². The standard InChI is InChI=1S/C11H4Cl3F2NO/c12-8-4-9(13)11(17-10(8)14)18-7-2-5(15)1-6(16)3-7/h1-4H. The van der Waals surface area contributed by atoms with Crippen LogP contribution in [-0.4, -0.2) is 4.98 Å². The minimum Gasteiger partial charge on any atom is -0.437 e. The van der Waals surface area contributed by atoms with Gasteiger partial charge in [-0.2, -0.15) is 4.98 Å². The van der Waals surface area contributed by atoms with E-state index in [0.717, 1.165) is 18.2 Å². The van der Waals surface area contributed by atoms with Gasteiger partial charge in [0.2, 0.25) is 5.88 Å². The molecule has 94 valence electrons. The maximum atomic E-state index is 13.0. The summed E-state index contributed by atoms with van der Waals surface area (Å²) < 4.78 is 31.0. The van der Waals surface area contributed by atoms with Crippen LogP contribution in [0.2, 0.25) is 15.2 Å². The maximum Gasteiger partial charge on any atom is 0.239 e. The predicted molar refractivity (Wildman–Crippen MR) is 65.7 cm³/mol. The first-order chi connectivity index (χ1) is 8.45. The van der Waals surface area contributed by atoms with E-state index in [0.29, 0.717) is 0 Å². The lowest BCUT2D eigenvalue weighted by atomic mass is 10.3. The summed E-state index contributed by atoms with van der Waals surface area (Å²) in [5.41, 5.74) is 0. The molecule has 0 amide bonds. The summed E-state index contributed by atoms with van der Waals surface area (Å²) >= 11 is 17.2. The minimum atomic E-state index is -0.777. The number of benzene rings is 1. The number of nitrogens with zero attached hydrogens (tertiary/aromatic N) is 1. The van der Waals surface area contributed by atoms with Crippen molar-refractivity contribution in [2.45, 2.75) is 0 Å². The highest BCUT2D eigenvalue weighted by molar-refractivity contribution is 6.42. The van der Waals surface area contributed by atoms with Gasteiger partial charge in [0.05, 0.1) is 5.02 Å². The molecule has 0 aliphatic heterocycles. The summed E-state index contributed by atoms with van der Waals surface area (Å²) in [5, 5.41) is 0.210. The van der Waals surface area contributed by atoms with E-state index in [-0.39, 0.29) is 26.8 Å². The van der Waals surface area contributed by atoms with E-state index in [1.54, 1.807) is 0 Å². The van der Waals surface area contributed by atoms with Crippen molar-refractivity contribution in [1.29, 1.82) is 0 Å². The lowest BCUT2D eigenvalue weighted by Crippen LogP contribution is -1.92. The lowest BCUT2D eigenvalue weighted by molar-refractivity contribution is 0.452. The van der Waals surface area contributed by atoms with Gasteiger partial charge in [-0.15, -0.1) is 0 Å². The van der Waals surface area contributed by atoms with Crippen molar-refractivity contribution >= 4 is 34.8 Å². The molecule has 0 atom stereocenters. The van der Waals surface area contributed by atoms with E-state index in [2.05, 4.69) is 4.98 Å². The van der Waals surface area contributed by atoms with Crippen LogP contribution in [0.3, 0.4) is 0 Å². The molecule has 0 radical (unpaired) electrons. The van der Waals surface area contributed by atoms with Gasteiger partial charge in [0, 0.05) is 18.2 Å². The van der Waals surface area contributed by atoms with Crippen molar-refractivity contribution in [3.63, 3.8) is 0 Å². The molecular weight excluding hydrogens is 306 g/mol. The van der Waals surface area contributed by atoms with Gasteiger partial charge in [0.25, 0.3) is 0 Å². The van der Waals surface area contributed by atoms with Crippen molar-refractivity contribution in [2.24, 2.45) is 0 Å². The number of hydrogen-bond donors (Lipinski definition) is 0. The summed E-state index contributed by atoms with van der Waals surface area (Å²) in [5.74, 6) is -1.72. The molecule has 0 saturated carbocycles. The Kier molecular flexibility index (Phi) is 3.90. The van der Waals surface area contributed by atoms with Crippen LogP contribution in [0.15, 0.2) is 24.3 Å². The maximum absolute atomic E-state index is 13.0. The quantitative estimate of drug-likeness (QED) is 0.719. The molecule has 2 nitrogen and oxygen atoms in total. The topological polar surface area (TPSA) is 22.1 Å². The largest absolute Gasteiger partial charge is 0.437 e. The molecule has 2 aromatic rings. The van der Waals surface area contributed by atoms with Gasteiger partial charge < -0.3 is 4.74 Å². The molecule has 0 fully saturated rings. The Hall–Kier alpha value is -1.10. The first-order valence-electron chi connectivity index (χ1n) is 4.61. The van der Waals surface area contributed by atoms with Crippen molar-refractivity contribution in [3.05, 3.63) is 51.1 Å². The Morgan fingerprint density at radius 2 is 1.50 bits per heavy atom. The summed E-state index contributed by atoms with van der Waals surface area (Å²) in [7, 11) is 0. The molecule has 2 rings (SSSR count). The average Bonchev–Trinajstić information content (AvgIpc) is 2.24. The van der Waals surface area contributed by atoms with Crippen LogP contribution < -0.4 is 4.74 Å². The fourth-order valence-corrected chi connectivity index (χ4v) is 1.73. The highest BCUT2D eigenvalue weighted by Gasteiger charge is 2.11. The predicted octanol–water partition coefficient (Wildman–Crippen LogP) is 5.11. The van der Waals surface area contributed by atoms with Gasteiger partial charge >= 0.3 is 0 Å². The van der Waals surface area contributed by atoms with Crippen molar-refractivity contribution in [2.75, 3.05) is 0 Å². The van der Waals surface area contributed by atoms with E-state index in [4.69, 9.17) is 39.5 Å². The molecule has 0 aliphatic rings. The van der Waals surface area contributed by atoms with Crippen molar-refractivity contribution in [1.82, 2.24) is 4.98 Å². The first kappa shape index (κ1) is 13.3. The average molecular weight is 311 g/mol. The molecule has 18 heavy (non-hydrogen) atoms. The summed E-state index contributed by atoms with van der Waals surface area (Å²) in [6.45, 7) is 0. The summed E-state index contributed by atoms with van der Waals surface area (Å²) in [4.78, 5) is 3.76. The SMILES string of the molecule is Fc1cc(F)cc(Oc2nc(Cl)c(Cl)cc2Cl)c1. The zero-order valence-corrected chi connectivity index (χ0v) is 10.8. The Balaban J connectivity index is 2.36. The molecule has 1 aromatic heterocycles. The van der Waals surface area contributed by atoms with Gasteiger partial charge in [-0.05, 0) is 6.07 Å². The highest BCUT2D eigenvalue weighted by atomic mass is 35.5. The Morgan fingerprint density at radius 3 is 2.11 bits per heavy atom. The van der Waals surface area contributed by atoms with E-state index < -0.39 is 11.6 Å². The molecule has 0 N–H and O–H groups in total. The highest BCUT2D eigenvalue weighted by Crippen LogP contribution is 2.33. The molecule has 0 spiro atoms. The van der Waals surface area contributed by atoms with Crippen LogP contribution in [0.25, 0.3) is 0 Å². The van der Waals surface area contributed by atoms with Crippen LogP contribution >= 0.6 is 34.8 Å². The van der Waals surface area contributed by atoms with Crippen LogP contribution in [0, 0.1) is 11.6 Å². The summed E-state index contributed by atoms with van der Waals surface area (Å²) in [6, 6.07) is 4.02. The zero-order valence-electron chi connectivity index (χ0n) is 8.55. The number of ether oxygens (including phenoxy) is 1. The number of pyridine rings is 1. The lowest BCUT2D eigenvalue weighted by Gasteiger charge is -2.07. The smallest absolute Gasteiger partial charge is 0.239 e. The number of halogens is 5. The monoisotopic (exact) mass is 309 g/mol. The van der Waals surface area contributed by atoms with Gasteiger partial charge in [-0.1, -0.05) is 34.8 Å². The molecule has 0 aliphatic carbocycles. The third-order valence-electron chi connectivity index (χ3n) is 1.91. The first-order valence-corrected chi connectivity index (χ1v) is 5.74. The van der Waals surface area contributed by atoms with Gasteiger partial charge in [-0.25, -0.2) is 8.78 Å². The molecule has 0 bridgehead atoms. The molecule has 1 aromatic carbocycles. The van der Waals surface area contributed by atoms with E-state index in [1.807, 2.05) is 0 Å². The van der Waals surface area contributed by atoms with Crippen LogP contribution in [0.4, 0.5) is 8.78 Å². The molecule has 1 heterocycles. The second-order valence-corrected chi connectivity index (χ2v) is 4.43. The summed E-state index contributed by atoms with van der Waals surface area (Å²) in [6.07, 6.45) is 0. The Bertz CT molecular complexity index is 587. The zero-order chi connectivity index (χ0) is 13.3. The van der Waals surface area contributed by atoms with Crippen molar-refractivity contribution < 1.29 is 13.5 Å². The number of aromatic nitrogens is 1. The van der Waals surface area contributed by atoms with Gasteiger partial charge in [0.1, 0.15) is 22.4 Å². The van der Waals surface area contributed by atoms with E-state index in [9.17, 15) is 8.78 Å². The van der Waals surface area contributed by atoms with Gasteiger partial charge in [-0.3, -0.25) is 0 Å². The van der Waals surface area contributed by atoms with Crippen LogP contribution in [-0.2, 0) is 0 Å². The van der Waals surface area contributed by atoms with E-state index >= 15 is 0 Å². The third-order valence-corrected chi connectivity index (χ3v) is 2.85. The number of hydrogen-bond acceptors (Lipinski definition) is 2. The van der Waals surface area contributed by atoms with Crippen LogP contribution in [0.5, 0.6) is 11.6 Å². The second kappa shape index (κ2) is 5.26. The normalized spacial score (nSPS) is 10.5. The third kappa shape index (κ3) is 3.02.